The second-order valence-electron chi connectivity index (χ2n) is 6.74. The molecule has 1 aromatic heterocycles. The SMILES string of the molecule is O=C(NC(c1ccccc1)c1ccccc1)c1ccc(NC(=O)c2cccs2)cc1. The molecular weight excluding hydrogens is 392 g/mol. The molecule has 0 aliphatic carbocycles. The number of amides is 2. The predicted octanol–water partition coefficient (Wildman–Crippen LogP) is 5.52. The summed E-state index contributed by atoms with van der Waals surface area (Å²) in [6, 6.07) is 30.0. The van der Waals surface area contributed by atoms with Crippen molar-refractivity contribution in [3.8, 4) is 0 Å². The Morgan fingerprint density at radius 2 is 1.27 bits per heavy atom. The van der Waals surface area contributed by atoms with Crippen LogP contribution in [0.4, 0.5) is 5.69 Å². The van der Waals surface area contributed by atoms with Crippen LogP contribution in [0.2, 0.25) is 0 Å². The summed E-state index contributed by atoms with van der Waals surface area (Å²) in [6.45, 7) is 0. The highest BCUT2D eigenvalue weighted by atomic mass is 32.1. The molecule has 0 unspecified atom stereocenters. The molecule has 0 aliphatic rings. The molecule has 4 aromatic rings. The van der Waals surface area contributed by atoms with E-state index in [0.717, 1.165) is 11.1 Å². The minimum atomic E-state index is -0.252. The van der Waals surface area contributed by atoms with Crippen molar-refractivity contribution in [2.45, 2.75) is 6.04 Å². The molecule has 0 saturated carbocycles. The van der Waals surface area contributed by atoms with Gasteiger partial charge in [-0.05, 0) is 46.8 Å². The molecule has 4 rings (SSSR count). The first kappa shape index (κ1) is 19.6. The normalized spacial score (nSPS) is 10.6. The number of anilines is 1. The number of thiophene rings is 1. The summed E-state index contributed by atoms with van der Waals surface area (Å²) in [5.41, 5.74) is 3.20. The molecule has 2 N–H and O–H groups in total. The van der Waals surface area contributed by atoms with E-state index in [0.29, 0.717) is 16.1 Å². The van der Waals surface area contributed by atoms with Gasteiger partial charge in [0.15, 0.2) is 0 Å². The predicted molar refractivity (Wildman–Crippen MR) is 121 cm³/mol. The number of hydrogen-bond acceptors (Lipinski definition) is 3. The van der Waals surface area contributed by atoms with E-state index in [1.54, 1.807) is 30.3 Å². The largest absolute Gasteiger partial charge is 0.341 e. The maximum Gasteiger partial charge on any atom is 0.265 e. The van der Waals surface area contributed by atoms with Crippen LogP contribution in [0.15, 0.2) is 102 Å². The summed E-state index contributed by atoms with van der Waals surface area (Å²) in [4.78, 5) is 25.7. The van der Waals surface area contributed by atoms with Crippen LogP contribution in [0.25, 0.3) is 0 Å². The summed E-state index contributed by atoms with van der Waals surface area (Å²) < 4.78 is 0. The summed E-state index contributed by atoms with van der Waals surface area (Å²) in [5, 5.41) is 7.83. The number of hydrogen-bond donors (Lipinski definition) is 2. The average Bonchev–Trinajstić information content (AvgIpc) is 3.34. The molecule has 0 atom stereocenters. The molecule has 0 saturated heterocycles. The molecule has 0 fully saturated rings. The molecule has 0 radical (unpaired) electrons. The summed E-state index contributed by atoms with van der Waals surface area (Å²) in [5.74, 6) is -0.334. The first-order valence-corrected chi connectivity index (χ1v) is 10.4. The van der Waals surface area contributed by atoms with E-state index in [2.05, 4.69) is 10.6 Å². The lowest BCUT2D eigenvalue weighted by Crippen LogP contribution is -2.29. The second-order valence-corrected chi connectivity index (χ2v) is 7.68. The minimum absolute atomic E-state index is 0.157. The average molecular weight is 413 g/mol. The Bertz CT molecular complexity index is 1070. The molecule has 5 heteroatoms. The standard InChI is InChI=1S/C25H20N2O2S/c28-24(20-13-15-21(16-14-20)26-25(29)22-12-7-17-30-22)27-23(18-8-3-1-4-9-18)19-10-5-2-6-11-19/h1-17,23H,(H,26,29)(H,27,28). The van der Waals surface area contributed by atoms with Gasteiger partial charge < -0.3 is 10.6 Å². The molecular formula is C25H20N2O2S. The van der Waals surface area contributed by atoms with E-state index < -0.39 is 0 Å². The number of carbonyl (C=O) groups excluding carboxylic acids is 2. The zero-order valence-electron chi connectivity index (χ0n) is 16.1. The number of carbonyl (C=O) groups is 2. The fraction of sp³-hybridized carbons (Fsp3) is 0.0400. The van der Waals surface area contributed by atoms with E-state index in [4.69, 9.17) is 0 Å². The van der Waals surface area contributed by atoms with Gasteiger partial charge in [0.25, 0.3) is 11.8 Å². The van der Waals surface area contributed by atoms with Crippen LogP contribution in [0.5, 0.6) is 0 Å². The maximum absolute atomic E-state index is 12.9. The lowest BCUT2D eigenvalue weighted by Gasteiger charge is -2.20. The van der Waals surface area contributed by atoms with Crippen molar-refractivity contribution in [1.29, 1.82) is 0 Å². The molecule has 0 bridgehead atoms. The van der Waals surface area contributed by atoms with Crippen molar-refractivity contribution < 1.29 is 9.59 Å². The third-order valence-electron chi connectivity index (χ3n) is 4.69. The molecule has 30 heavy (non-hydrogen) atoms. The molecule has 4 nitrogen and oxygen atoms in total. The third-order valence-corrected chi connectivity index (χ3v) is 5.56. The van der Waals surface area contributed by atoms with Gasteiger partial charge in [-0.15, -0.1) is 11.3 Å². The Morgan fingerprint density at radius 3 is 1.80 bits per heavy atom. The Balaban J connectivity index is 1.49. The topological polar surface area (TPSA) is 58.2 Å². The molecule has 2 amide bonds. The van der Waals surface area contributed by atoms with Crippen molar-refractivity contribution in [1.82, 2.24) is 5.32 Å². The quantitative estimate of drug-likeness (QED) is 0.438. The van der Waals surface area contributed by atoms with Gasteiger partial charge in [0, 0.05) is 11.3 Å². The second kappa shape index (κ2) is 9.20. The van der Waals surface area contributed by atoms with Crippen LogP contribution in [0.1, 0.15) is 37.2 Å². The van der Waals surface area contributed by atoms with Crippen molar-refractivity contribution in [2.75, 3.05) is 5.32 Å². The monoisotopic (exact) mass is 412 g/mol. The van der Waals surface area contributed by atoms with Gasteiger partial charge >= 0.3 is 0 Å². The molecule has 3 aromatic carbocycles. The maximum atomic E-state index is 12.9. The first-order valence-electron chi connectivity index (χ1n) is 9.56. The van der Waals surface area contributed by atoms with Crippen molar-refractivity contribution in [3.05, 3.63) is 124 Å². The van der Waals surface area contributed by atoms with Gasteiger partial charge in [0.05, 0.1) is 10.9 Å². The van der Waals surface area contributed by atoms with E-state index in [9.17, 15) is 9.59 Å². The van der Waals surface area contributed by atoms with Gasteiger partial charge in [-0.25, -0.2) is 0 Å². The highest BCUT2D eigenvalue weighted by Gasteiger charge is 2.17. The third kappa shape index (κ3) is 4.64. The van der Waals surface area contributed by atoms with Crippen LogP contribution in [-0.2, 0) is 0 Å². The fourth-order valence-electron chi connectivity index (χ4n) is 3.17. The lowest BCUT2D eigenvalue weighted by molar-refractivity contribution is 0.0942. The fourth-order valence-corrected chi connectivity index (χ4v) is 3.79. The van der Waals surface area contributed by atoms with Crippen LogP contribution >= 0.6 is 11.3 Å². The Hall–Kier alpha value is -3.70. The first-order chi connectivity index (χ1) is 14.7. The minimum Gasteiger partial charge on any atom is -0.341 e. The molecule has 1 heterocycles. The van der Waals surface area contributed by atoms with E-state index in [-0.39, 0.29) is 17.9 Å². The van der Waals surface area contributed by atoms with Gasteiger partial charge in [0.1, 0.15) is 0 Å². The summed E-state index contributed by atoms with van der Waals surface area (Å²) in [7, 11) is 0. The van der Waals surface area contributed by atoms with Crippen LogP contribution < -0.4 is 10.6 Å². The zero-order valence-corrected chi connectivity index (χ0v) is 16.9. The zero-order chi connectivity index (χ0) is 20.8. The Morgan fingerprint density at radius 1 is 0.667 bits per heavy atom. The van der Waals surface area contributed by atoms with E-state index >= 15 is 0 Å². The number of rotatable bonds is 6. The molecule has 0 aliphatic heterocycles. The van der Waals surface area contributed by atoms with Crippen molar-refractivity contribution >= 4 is 28.8 Å². The van der Waals surface area contributed by atoms with Gasteiger partial charge in [-0.1, -0.05) is 66.7 Å². The van der Waals surface area contributed by atoms with E-state index in [1.165, 1.54) is 11.3 Å². The highest BCUT2D eigenvalue weighted by molar-refractivity contribution is 7.12. The number of nitrogens with one attached hydrogen (secondary N) is 2. The Labute approximate surface area is 179 Å². The highest BCUT2D eigenvalue weighted by Crippen LogP contribution is 2.22. The summed E-state index contributed by atoms with van der Waals surface area (Å²) >= 11 is 1.38. The van der Waals surface area contributed by atoms with E-state index in [1.807, 2.05) is 72.1 Å². The molecule has 0 spiro atoms. The summed E-state index contributed by atoms with van der Waals surface area (Å²) in [6.07, 6.45) is 0. The van der Waals surface area contributed by atoms with Gasteiger partial charge in [0.2, 0.25) is 0 Å². The Kier molecular flexibility index (Phi) is 6.01. The van der Waals surface area contributed by atoms with Gasteiger partial charge in [-0.2, -0.15) is 0 Å². The van der Waals surface area contributed by atoms with Crippen molar-refractivity contribution in [2.24, 2.45) is 0 Å². The van der Waals surface area contributed by atoms with Crippen molar-refractivity contribution in [3.63, 3.8) is 0 Å². The van der Waals surface area contributed by atoms with Crippen LogP contribution in [-0.4, -0.2) is 11.8 Å². The number of benzene rings is 3. The van der Waals surface area contributed by atoms with Gasteiger partial charge in [-0.3, -0.25) is 9.59 Å². The lowest BCUT2D eigenvalue weighted by atomic mass is 9.98. The van der Waals surface area contributed by atoms with Crippen LogP contribution in [0, 0.1) is 0 Å². The molecule has 148 valence electrons. The smallest absolute Gasteiger partial charge is 0.265 e. The van der Waals surface area contributed by atoms with Crippen LogP contribution in [0.3, 0.4) is 0 Å².